The Bertz CT molecular complexity index is 1300. The number of rotatable bonds is 6. The van der Waals surface area contributed by atoms with Gasteiger partial charge in [-0.2, -0.15) is 5.10 Å². The minimum atomic E-state index is -0.363. The van der Waals surface area contributed by atoms with Crippen molar-refractivity contribution >= 4 is 39.9 Å². The summed E-state index contributed by atoms with van der Waals surface area (Å²) in [6.45, 7) is 5.19. The molecular weight excluding hydrogens is 461 g/mol. The molecule has 1 fully saturated rings. The number of anilines is 1. The average Bonchev–Trinajstić information content (AvgIpc) is 3.47. The van der Waals surface area contributed by atoms with Crippen molar-refractivity contribution < 1.29 is 9.47 Å². The first kappa shape index (κ1) is 21.9. The molecule has 1 aromatic carbocycles. The van der Waals surface area contributed by atoms with Crippen LogP contribution in [0.4, 0.5) is 5.82 Å². The summed E-state index contributed by atoms with van der Waals surface area (Å²) in [5, 5.41) is 13.1. The number of nitrogens with zero attached hydrogens (tertiary/aromatic N) is 3. The van der Waals surface area contributed by atoms with Crippen molar-refractivity contribution in [3.63, 3.8) is 0 Å². The van der Waals surface area contributed by atoms with E-state index in [0.29, 0.717) is 28.1 Å². The lowest BCUT2D eigenvalue weighted by atomic mass is 10.1. The zero-order valence-corrected chi connectivity index (χ0v) is 19.7. The molecule has 1 saturated heterocycles. The molecule has 0 radical (unpaired) electrons. The van der Waals surface area contributed by atoms with E-state index in [1.165, 1.54) is 0 Å². The topological polar surface area (TPSA) is 85.0 Å². The SMILES string of the molecule is Cc1ncc(Cl)c([C@@H](C)Oc2ccc3[nH]nc(-c4cccnc4N[C@@H]4CCOC4)c3c2)c1Cl. The number of benzene rings is 1. The molecule has 0 saturated carbocycles. The van der Waals surface area contributed by atoms with E-state index in [1.807, 2.05) is 44.2 Å². The largest absolute Gasteiger partial charge is 0.486 e. The van der Waals surface area contributed by atoms with Gasteiger partial charge in [0.1, 0.15) is 23.4 Å². The lowest BCUT2D eigenvalue weighted by Crippen LogP contribution is -2.20. The highest BCUT2D eigenvalue weighted by Crippen LogP contribution is 2.37. The van der Waals surface area contributed by atoms with Crippen LogP contribution in [0.3, 0.4) is 0 Å². The molecule has 0 aliphatic carbocycles. The van der Waals surface area contributed by atoms with Gasteiger partial charge < -0.3 is 14.8 Å². The molecule has 2 N–H and O–H groups in total. The minimum absolute atomic E-state index is 0.238. The van der Waals surface area contributed by atoms with Crippen molar-refractivity contribution in [1.29, 1.82) is 0 Å². The molecule has 5 rings (SSSR count). The van der Waals surface area contributed by atoms with Gasteiger partial charge in [0.25, 0.3) is 0 Å². The second-order valence-corrected chi connectivity index (χ2v) is 8.85. The molecule has 3 aromatic heterocycles. The van der Waals surface area contributed by atoms with Crippen LogP contribution in [0.1, 0.15) is 30.7 Å². The van der Waals surface area contributed by atoms with Crippen LogP contribution >= 0.6 is 23.2 Å². The highest BCUT2D eigenvalue weighted by Gasteiger charge is 2.21. The van der Waals surface area contributed by atoms with Crippen LogP contribution in [0, 0.1) is 6.92 Å². The molecule has 2 atom stereocenters. The highest BCUT2D eigenvalue weighted by molar-refractivity contribution is 6.36. The van der Waals surface area contributed by atoms with E-state index in [-0.39, 0.29) is 12.1 Å². The van der Waals surface area contributed by atoms with Gasteiger partial charge in [-0.1, -0.05) is 23.2 Å². The fraction of sp³-hybridized carbons (Fsp3) is 0.292. The summed E-state index contributed by atoms with van der Waals surface area (Å²) in [5.74, 6) is 1.47. The Kier molecular flexibility index (Phi) is 6.10. The maximum Gasteiger partial charge on any atom is 0.135 e. The second kappa shape index (κ2) is 9.17. The first-order valence-electron chi connectivity index (χ1n) is 10.8. The van der Waals surface area contributed by atoms with Crippen molar-refractivity contribution in [2.24, 2.45) is 0 Å². The number of nitrogens with one attached hydrogen (secondary N) is 2. The molecular formula is C24H23Cl2N5O2. The van der Waals surface area contributed by atoms with Gasteiger partial charge in [-0.3, -0.25) is 10.1 Å². The monoisotopic (exact) mass is 483 g/mol. The van der Waals surface area contributed by atoms with Crippen molar-refractivity contribution in [3.8, 4) is 17.0 Å². The van der Waals surface area contributed by atoms with Gasteiger partial charge in [0, 0.05) is 35.5 Å². The van der Waals surface area contributed by atoms with Crippen LogP contribution in [0.25, 0.3) is 22.2 Å². The van der Waals surface area contributed by atoms with Crippen LogP contribution in [-0.4, -0.2) is 39.4 Å². The zero-order valence-electron chi connectivity index (χ0n) is 18.2. The van der Waals surface area contributed by atoms with Gasteiger partial charge in [0.05, 0.1) is 33.9 Å². The van der Waals surface area contributed by atoms with Gasteiger partial charge in [0.2, 0.25) is 0 Å². The van der Waals surface area contributed by atoms with Crippen molar-refractivity contribution in [3.05, 3.63) is 64.0 Å². The molecule has 170 valence electrons. The molecule has 1 aliphatic rings. The third-order valence-electron chi connectivity index (χ3n) is 5.77. The number of aryl methyl sites for hydroxylation is 1. The summed E-state index contributed by atoms with van der Waals surface area (Å²) in [7, 11) is 0. The standard InChI is InChI=1S/C24H23Cl2N5O2/c1-13-22(26)21(19(25)11-28-13)14(2)33-16-5-6-20-18(10-16)23(31-30-20)17-4-3-8-27-24(17)29-15-7-9-32-12-15/h3-6,8,10-11,14-15H,7,9,12H2,1-2H3,(H,27,29)(H,30,31)/t14-,15-/m1/s1. The van der Waals surface area contributed by atoms with Crippen LogP contribution < -0.4 is 10.1 Å². The van der Waals surface area contributed by atoms with Crippen molar-refractivity contribution in [2.45, 2.75) is 32.4 Å². The Balaban J connectivity index is 1.48. The van der Waals surface area contributed by atoms with E-state index >= 15 is 0 Å². The smallest absolute Gasteiger partial charge is 0.135 e. The molecule has 33 heavy (non-hydrogen) atoms. The molecule has 0 bridgehead atoms. The third kappa shape index (κ3) is 4.36. The lowest BCUT2D eigenvalue weighted by Gasteiger charge is -2.18. The lowest BCUT2D eigenvalue weighted by molar-refractivity contribution is 0.195. The maximum atomic E-state index is 6.46. The summed E-state index contributed by atoms with van der Waals surface area (Å²) in [4.78, 5) is 8.76. The summed E-state index contributed by atoms with van der Waals surface area (Å²) >= 11 is 12.8. The summed E-state index contributed by atoms with van der Waals surface area (Å²) in [6, 6.07) is 9.97. The minimum Gasteiger partial charge on any atom is -0.486 e. The first-order valence-corrected chi connectivity index (χ1v) is 11.5. The predicted molar refractivity (Wildman–Crippen MR) is 130 cm³/mol. The number of aromatic amines is 1. The van der Waals surface area contributed by atoms with E-state index in [0.717, 1.165) is 46.6 Å². The van der Waals surface area contributed by atoms with E-state index < -0.39 is 0 Å². The number of halogens is 2. The average molecular weight is 484 g/mol. The van der Waals surface area contributed by atoms with E-state index in [1.54, 1.807) is 12.4 Å². The van der Waals surface area contributed by atoms with E-state index in [2.05, 4.69) is 25.5 Å². The number of fused-ring (bicyclic) bond motifs is 1. The van der Waals surface area contributed by atoms with Gasteiger partial charge in [-0.05, 0) is 50.6 Å². The quantitative estimate of drug-likeness (QED) is 0.351. The Morgan fingerprint density at radius 1 is 1.24 bits per heavy atom. The van der Waals surface area contributed by atoms with Gasteiger partial charge in [-0.25, -0.2) is 4.98 Å². The fourth-order valence-electron chi connectivity index (χ4n) is 4.04. The fourth-order valence-corrected chi connectivity index (χ4v) is 4.69. The number of H-pyrrole nitrogens is 1. The number of ether oxygens (including phenoxy) is 2. The second-order valence-electron chi connectivity index (χ2n) is 8.06. The molecule has 4 aromatic rings. The number of aromatic nitrogens is 4. The van der Waals surface area contributed by atoms with Gasteiger partial charge >= 0.3 is 0 Å². The van der Waals surface area contributed by atoms with Crippen LogP contribution in [0.15, 0.2) is 42.7 Å². The first-order chi connectivity index (χ1) is 16.0. The molecule has 0 amide bonds. The molecule has 0 spiro atoms. The maximum absolute atomic E-state index is 6.46. The Morgan fingerprint density at radius 3 is 2.94 bits per heavy atom. The predicted octanol–water partition coefficient (Wildman–Crippen LogP) is 5.98. The van der Waals surface area contributed by atoms with Crippen LogP contribution in [0.5, 0.6) is 5.75 Å². The van der Waals surface area contributed by atoms with Crippen LogP contribution in [-0.2, 0) is 4.74 Å². The summed E-state index contributed by atoms with van der Waals surface area (Å²) in [6.07, 6.45) is 3.96. The number of hydrogen-bond donors (Lipinski definition) is 2. The number of hydrogen-bond acceptors (Lipinski definition) is 6. The van der Waals surface area contributed by atoms with Gasteiger partial charge in [-0.15, -0.1) is 0 Å². The van der Waals surface area contributed by atoms with Gasteiger partial charge in [0.15, 0.2) is 0 Å². The normalized spacial score (nSPS) is 16.8. The van der Waals surface area contributed by atoms with E-state index in [4.69, 9.17) is 32.7 Å². The van der Waals surface area contributed by atoms with E-state index in [9.17, 15) is 0 Å². The highest BCUT2D eigenvalue weighted by atomic mass is 35.5. The molecule has 9 heteroatoms. The number of pyridine rings is 2. The Hall–Kier alpha value is -2.87. The van der Waals surface area contributed by atoms with Crippen molar-refractivity contribution in [2.75, 3.05) is 18.5 Å². The molecule has 1 aliphatic heterocycles. The zero-order chi connectivity index (χ0) is 22.9. The Morgan fingerprint density at radius 2 is 2.12 bits per heavy atom. The molecule has 4 heterocycles. The molecule has 7 nitrogen and oxygen atoms in total. The van der Waals surface area contributed by atoms with Crippen molar-refractivity contribution in [1.82, 2.24) is 20.2 Å². The third-order valence-corrected chi connectivity index (χ3v) is 6.55. The molecule has 0 unspecified atom stereocenters. The Labute approximate surface area is 201 Å². The summed E-state index contributed by atoms with van der Waals surface area (Å²) < 4.78 is 11.7. The summed E-state index contributed by atoms with van der Waals surface area (Å²) in [5.41, 5.74) is 4.05. The van der Waals surface area contributed by atoms with Crippen LogP contribution in [0.2, 0.25) is 10.0 Å².